The molecular weight excluding hydrogens is 250 g/mol. The minimum atomic E-state index is 0.532. The van der Waals surface area contributed by atoms with Gasteiger partial charge in [-0.3, -0.25) is 0 Å². The summed E-state index contributed by atoms with van der Waals surface area (Å²) >= 11 is 0. The first-order chi connectivity index (χ1) is 9.86. The Hall–Kier alpha value is -1.53. The van der Waals surface area contributed by atoms with Crippen molar-refractivity contribution in [3.8, 4) is 11.8 Å². The third-order valence-electron chi connectivity index (χ3n) is 3.10. The summed E-state index contributed by atoms with van der Waals surface area (Å²) in [6.07, 6.45) is 7.68. The zero-order chi connectivity index (χ0) is 14.5. The number of nitrogens with zero attached hydrogens (tertiary/aromatic N) is 1. The first-order valence-corrected chi connectivity index (χ1v) is 7.57. The molecule has 0 amide bonds. The number of ether oxygens (including phenoxy) is 2. The molecule has 3 nitrogen and oxygen atoms in total. The maximum atomic E-state index is 8.78. The summed E-state index contributed by atoms with van der Waals surface area (Å²) in [5.74, 6) is 0.729. The summed E-state index contributed by atoms with van der Waals surface area (Å²) < 4.78 is 11.1. The molecule has 1 aromatic rings. The van der Waals surface area contributed by atoms with Gasteiger partial charge in [0.05, 0.1) is 18.2 Å². The van der Waals surface area contributed by atoms with Crippen molar-refractivity contribution in [3.05, 3.63) is 29.8 Å². The van der Waals surface area contributed by atoms with Gasteiger partial charge in [0.2, 0.25) is 0 Å². The molecule has 3 heteroatoms. The fourth-order valence-corrected chi connectivity index (χ4v) is 1.96. The summed E-state index contributed by atoms with van der Waals surface area (Å²) in [5, 5.41) is 8.78. The van der Waals surface area contributed by atoms with Gasteiger partial charge in [0.25, 0.3) is 0 Å². The van der Waals surface area contributed by atoms with Gasteiger partial charge >= 0.3 is 0 Å². The van der Waals surface area contributed by atoms with Crippen molar-refractivity contribution in [2.24, 2.45) is 0 Å². The third kappa shape index (κ3) is 7.81. The predicted molar refractivity (Wildman–Crippen MR) is 80.8 cm³/mol. The molecule has 0 aliphatic heterocycles. The maximum absolute atomic E-state index is 8.78. The molecule has 1 aromatic carbocycles. The van der Waals surface area contributed by atoms with Crippen LogP contribution in [-0.2, 0) is 4.74 Å². The van der Waals surface area contributed by atoms with E-state index in [1.54, 1.807) is 12.1 Å². The quantitative estimate of drug-likeness (QED) is 0.565. The van der Waals surface area contributed by atoms with Gasteiger partial charge in [0.15, 0.2) is 0 Å². The summed E-state index contributed by atoms with van der Waals surface area (Å²) in [6, 6.07) is 9.29. The van der Waals surface area contributed by atoms with E-state index in [0.717, 1.165) is 18.8 Å². The summed E-state index contributed by atoms with van der Waals surface area (Å²) in [4.78, 5) is 0. The standard InChI is InChI=1S/C17H25NO2/c1-2-3-4-5-6-7-11-19-12-13-20-17-10-8-9-16(14-17)15-18/h8-10,14H,2-7,11-13H2,1H3. The lowest BCUT2D eigenvalue weighted by Gasteiger charge is -2.07. The molecule has 0 atom stereocenters. The molecule has 0 aliphatic carbocycles. The molecule has 110 valence electrons. The van der Waals surface area contributed by atoms with Gasteiger partial charge in [0.1, 0.15) is 12.4 Å². The molecule has 0 aromatic heterocycles. The van der Waals surface area contributed by atoms with Crippen molar-refractivity contribution in [1.82, 2.24) is 0 Å². The molecular formula is C17H25NO2. The number of hydrogen-bond donors (Lipinski definition) is 0. The second-order valence-corrected chi connectivity index (χ2v) is 4.87. The van der Waals surface area contributed by atoms with E-state index in [9.17, 15) is 0 Å². The lowest BCUT2D eigenvalue weighted by atomic mass is 10.1. The van der Waals surface area contributed by atoms with Gasteiger partial charge in [-0.25, -0.2) is 0 Å². The highest BCUT2D eigenvalue weighted by molar-refractivity contribution is 5.36. The minimum absolute atomic E-state index is 0.532. The van der Waals surface area contributed by atoms with E-state index in [-0.39, 0.29) is 0 Å². The Morgan fingerprint density at radius 3 is 2.60 bits per heavy atom. The van der Waals surface area contributed by atoms with Crippen molar-refractivity contribution in [1.29, 1.82) is 5.26 Å². The van der Waals surface area contributed by atoms with Crippen LogP contribution in [0.15, 0.2) is 24.3 Å². The highest BCUT2D eigenvalue weighted by atomic mass is 16.5. The lowest BCUT2D eigenvalue weighted by molar-refractivity contribution is 0.0970. The van der Waals surface area contributed by atoms with Crippen LogP contribution >= 0.6 is 0 Å². The van der Waals surface area contributed by atoms with Crippen LogP contribution < -0.4 is 4.74 Å². The van der Waals surface area contributed by atoms with Crippen molar-refractivity contribution in [2.75, 3.05) is 19.8 Å². The van der Waals surface area contributed by atoms with Crippen LogP contribution in [0.1, 0.15) is 51.0 Å². The molecule has 0 radical (unpaired) electrons. The highest BCUT2D eigenvalue weighted by Gasteiger charge is 1.96. The Labute approximate surface area is 122 Å². The lowest BCUT2D eigenvalue weighted by Crippen LogP contribution is -2.07. The van der Waals surface area contributed by atoms with E-state index in [1.165, 1.54) is 32.1 Å². The Kier molecular flexibility index (Phi) is 9.34. The second-order valence-electron chi connectivity index (χ2n) is 4.87. The number of nitriles is 1. The predicted octanol–water partition coefficient (Wildman–Crippen LogP) is 4.31. The Bertz CT molecular complexity index is 398. The molecule has 20 heavy (non-hydrogen) atoms. The molecule has 0 spiro atoms. The molecule has 0 bridgehead atoms. The highest BCUT2D eigenvalue weighted by Crippen LogP contribution is 2.12. The van der Waals surface area contributed by atoms with Gasteiger partial charge < -0.3 is 9.47 Å². The van der Waals surface area contributed by atoms with Crippen molar-refractivity contribution >= 4 is 0 Å². The van der Waals surface area contributed by atoms with E-state index >= 15 is 0 Å². The fraction of sp³-hybridized carbons (Fsp3) is 0.588. The van der Waals surface area contributed by atoms with E-state index in [1.807, 2.05) is 12.1 Å². The second kappa shape index (κ2) is 11.3. The number of hydrogen-bond acceptors (Lipinski definition) is 3. The van der Waals surface area contributed by atoms with Crippen molar-refractivity contribution in [3.63, 3.8) is 0 Å². The van der Waals surface area contributed by atoms with Gasteiger partial charge in [-0.05, 0) is 24.6 Å². The minimum Gasteiger partial charge on any atom is -0.491 e. The van der Waals surface area contributed by atoms with E-state index in [2.05, 4.69) is 13.0 Å². The molecule has 0 heterocycles. The first-order valence-electron chi connectivity index (χ1n) is 7.57. The van der Waals surface area contributed by atoms with E-state index in [0.29, 0.717) is 18.8 Å². The van der Waals surface area contributed by atoms with Crippen molar-refractivity contribution < 1.29 is 9.47 Å². The van der Waals surface area contributed by atoms with Gasteiger partial charge in [-0.1, -0.05) is 45.1 Å². The Balaban J connectivity index is 1.95. The normalized spacial score (nSPS) is 10.2. The third-order valence-corrected chi connectivity index (χ3v) is 3.10. The SMILES string of the molecule is CCCCCCCCOCCOc1cccc(C#N)c1. The van der Waals surface area contributed by atoms with Crippen LogP contribution in [0.25, 0.3) is 0 Å². The van der Waals surface area contributed by atoms with Crippen molar-refractivity contribution in [2.45, 2.75) is 45.4 Å². The summed E-state index contributed by atoms with van der Waals surface area (Å²) in [7, 11) is 0. The van der Waals surface area contributed by atoms with Gasteiger partial charge in [-0.15, -0.1) is 0 Å². The zero-order valence-electron chi connectivity index (χ0n) is 12.4. The first kappa shape index (κ1) is 16.5. The molecule has 1 rings (SSSR count). The van der Waals surface area contributed by atoms with E-state index in [4.69, 9.17) is 14.7 Å². The topological polar surface area (TPSA) is 42.2 Å². The largest absolute Gasteiger partial charge is 0.491 e. The van der Waals surface area contributed by atoms with Crippen LogP contribution in [0.3, 0.4) is 0 Å². The van der Waals surface area contributed by atoms with Crippen LogP contribution in [-0.4, -0.2) is 19.8 Å². The fourth-order valence-electron chi connectivity index (χ4n) is 1.96. The van der Waals surface area contributed by atoms with Gasteiger partial charge in [0, 0.05) is 6.61 Å². The average Bonchev–Trinajstić information content (AvgIpc) is 2.49. The number of benzene rings is 1. The Morgan fingerprint density at radius 1 is 1.00 bits per heavy atom. The van der Waals surface area contributed by atoms with E-state index < -0.39 is 0 Å². The molecule has 0 saturated heterocycles. The molecule has 0 unspecified atom stereocenters. The molecule has 0 fully saturated rings. The summed E-state index contributed by atoms with van der Waals surface area (Å²) in [6.45, 7) is 4.18. The zero-order valence-corrected chi connectivity index (χ0v) is 12.4. The van der Waals surface area contributed by atoms with Crippen LogP contribution in [0.5, 0.6) is 5.75 Å². The van der Waals surface area contributed by atoms with Crippen LogP contribution in [0, 0.1) is 11.3 Å². The van der Waals surface area contributed by atoms with Crippen LogP contribution in [0.4, 0.5) is 0 Å². The maximum Gasteiger partial charge on any atom is 0.120 e. The monoisotopic (exact) mass is 275 g/mol. The Morgan fingerprint density at radius 2 is 1.80 bits per heavy atom. The molecule has 0 N–H and O–H groups in total. The molecule has 0 saturated carbocycles. The summed E-state index contributed by atoms with van der Waals surface area (Å²) in [5.41, 5.74) is 0.621. The smallest absolute Gasteiger partial charge is 0.120 e. The van der Waals surface area contributed by atoms with Gasteiger partial charge in [-0.2, -0.15) is 5.26 Å². The number of unbranched alkanes of at least 4 members (excludes halogenated alkanes) is 5. The van der Waals surface area contributed by atoms with Crippen LogP contribution in [0.2, 0.25) is 0 Å². The number of rotatable bonds is 11. The average molecular weight is 275 g/mol. The molecule has 0 aliphatic rings.